The molecule has 1 aliphatic heterocycles. The van der Waals surface area contributed by atoms with Crippen LogP contribution in [0.5, 0.6) is 0 Å². The minimum Gasteiger partial charge on any atom is -0.336 e. The molecular formula is C15H19BrClNO. The van der Waals surface area contributed by atoms with Gasteiger partial charge in [-0.1, -0.05) is 15.9 Å². The smallest absolute Gasteiger partial charge is 0.254 e. The van der Waals surface area contributed by atoms with Gasteiger partial charge in [0.1, 0.15) is 0 Å². The number of halogens is 2. The lowest BCUT2D eigenvalue weighted by molar-refractivity contribution is 0.0609. The van der Waals surface area contributed by atoms with E-state index in [0.717, 1.165) is 41.4 Å². The number of rotatable bonds is 3. The number of hydrogen-bond donors (Lipinski definition) is 0. The number of piperidine rings is 1. The molecule has 0 aliphatic carbocycles. The fourth-order valence-electron chi connectivity index (χ4n) is 2.64. The Bertz CT molecular complexity index is 461. The van der Waals surface area contributed by atoms with Crippen LogP contribution in [0, 0.1) is 6.92 Å². The van der Waals surface area contributed by atoms with Crippen LogP contribution in [-0.2, 0) is 0 Å². The Hall–Kier alpha value is -0.540. The Labute approximate surface area is 128 Å². The van der Waals surface area contributed by atoms with Gasteiger partial charge in [-0.2, -0.15) is 0 Å². The lowest BCUT2D eigenvalue weighted by Gasteiger charge is -2.35. The molecule has 1 saturated heterocycles. The van der Waals surface area contributed by atoms with Crippen molar-refractivity contribution in [2.75, 3.05) is 12.4 Å². The van der Waals surface area contributed by atoms with Crippen LogP contribution in [0.4, 0.5) is 0 Å². The van der Waals surface area contributed by atoms with Gasteiger partial charge in [0.05, 0.1) is 0 Å². The highest BCUT2D eigenvalue weighted by atomic mass is 79.9. The Morgan fingerprint density at radius 2 is 2.26 bits per heavy atom. The quantitative estimate of drug-likeness (QED) is 0.745. The molecule has 0 N–H and O–H groups in total. The normalized spacial score (nSPS) is 19.5. The van der Waals surface area contributed by atoms with Gasteiger partial charge in [-0.3, -0.25) is 4.79 Å². The Balaban J connectivity index is 2.18. The van der Waals surface area contributed by atoms with Gasteiger partial charge in [-0.25, -0.2) is 0 Å². The maximum absolute atomic E-state index is 12.6. The second-order valence-corrected chi connectivity index (χ2v) is 6.32. The van der Waals surface area contributed by atoms with Gasteiger partial charge in [0.25, 0.3) is 5.91 Å². The summed E-state index contributed by atoms with van der Waals surface area (Å²) in [7, 11) is 0. The number of likely N-dealkylation sites (tertiary alicyclic amines) is 1. The minimum atomic E-state index is 0.144. The molecule has 2 rings (SSSR count). The summed E-state index contributed by atoms with van der Waals surface area (Å²) < 4.78 is 1.04. The van der Waals surface area contributed by atoms with Crippen LogP contribution < -0.4 is 0 Å². The van der Waals surface area contributed by atoms with Gasteiger partial charge < -0.3 is 4.90 Å². The van der Waals surface area contributed by atoms with Crippen LogP contribution in [0.3, 0.4) is 0 Å². The summed E-state index contributed by atoms with van der Waals surface area (Å²) in [5.74, 6) is 0.763. The van der Waals surface area contributed by atoms with Gasteiger partial charge in [0.15, 0.2) is 0 Å². The SMILES string of the molecule is Cc1cc(C(=O)N2CCCCC2CCCl)ccc1Br. The summed E-state index contributed by atoms with van der Waals surface area (Å²) in [6, 6.07) is 6.11. The molecule has 1 fully saturated rings. The average Bonchev–Trinajstić information content (AvgIpc) is 2.42. The molecule has 1 aromatic rings. The highest BCUT2D eigenvalue weighted by Gasteiger charge is 2.27. The number of aryl methyl sites for hydroxylation is 1. The van der Waals surface area contributed by atoms with Gasteiger partial charge in [-0.05, 0) is 56.4 Å². The lowest BCUT2D eigenvalue weighted by Crippen LogP contribution is -2.44. The molecule has 2 nitrogen and oxygen atoms in total. The third-order valence-electron chi connectivity index (χ3n) is 3.74. The standard InChI is InChI=1S/C15H19BrClNO/c1-11-10-12(5-6-14(11)16)15(19)18-9-3-2-4-13(18)7-8-17/h5-6,10,13H,2-4,7-9H2,1H3. The Morgan fingerprint density at radius 3 is 2.95 bits per heavy atom. The summed E-state index contributed by atoms with van der Waals surface area (Å²) in [6.45, 7) is 2.86. The minimum absolute atomic E-state index is 0.144. The maximum atomic E-state index is 12.6. The number of carbonyl (C=O) groups excluding carboxylic acids is 1. The first-order valence-corrected chi connectivity index (χ1v) is 8.09. The van der Waals surface area contributed by atoms with Crippen LogP contribution in [0.2, 0.25) is 0 Å². The van der Waals surface area contributed by atoms with Crippen molar-refractivity contribution >= 4 is 33.4 Å². The van der Waals surface area contributed by atoms with E-state index in [1.807, 2.05) is 30.0 Å². The van der Waals surface area contributed by atoms with Crippen LogP contribution >= 0.6 is 27.5 Å². The van der Waals surface area contributed by atoms with E-state index in [-0.39, 0.29) is 5.91 Å². The molecule has 1 unspecified atom stereocenters. The van der Waals surface area contributed by atoms with Gasteiger partial charge in [0, 0.05) is 28.5 Å². The van der Waals surface area contributed by atoms with Crippen molar-refractivity contribution in [3.8, 4) is 0 Å². The molecule has 1 atom stereocenters. The zero-order valence-electron chi connectivity index (χ0n) is 11.2. The van der Waals surface area contributed by atoms with Crippen molar-refractivity contribution in [3.63, 3.8) is 0 Å². The molecule has 0 saturated carbocycles. The molecule has 1 amide bonds. The van der Waals surface area contributed by atoms with Gasteiger partial charge >= 0.3 is 0 Å². The van der Waals surface area contributed by atoms with Crippen molar-refractivity contribution in [1.29, 1.82) is 0 Å². The highest BCUT2D eigenvalue weighted by Crippen LogP contribution is 2.24. The van der Waals surface area contributed by atoms with Gasteiger partial charge in [-0.15, -0.1) is 11.6 Å². The summed E-state index contributed by atoms with van der Waals surface area (Å²) in [5.41, 5.74) is 1.87. The first kappa shape index (κ1) is 14.9. The maximum Gasteiger partial charge on any atom is 0.254 e. The fourth-order valence-corrected chi connectivity index (χ4v) is 3.14. The summed E-state index contributed by atoms with van der Waals surface area (Å²) in [4.78, 5) is 14.6. The third-order valence-corrected chi connectivity index (χ3v) is 4.84. The average molecular weight is 345 g/mol. The first-order valence-electron chi connectivity index (χ1n) is 6.76. The van der Waals surface area contributed by atoms with Gasteiger partial charge in [0.2, 0.25) is 0 Å². The molecule has 0 aromatic heterocycles. The molecule has 0 bridgehead atoms. The van der Waals surface area contributed by atoms with E-state index in [4.69, 9.17) is 11.6 Å². The topological polar surface area (TPSA) is 20.3 Å². The second kappa shape index (κ2) is 6.76. The van der Waals surface area contributed by atoms with Crippen LogP contribution in [0.1, 0.15) is 41.6 Å². The van der Waals surface area contributed by atoms with E-state index in [2.05, 4.69) is 15.9 Å². The van der Waals surface area contributed by atoms with E-state index >= 15 is 0 Å². The van der Waals surface area contributed by atoms with E-state index in [1.165, 1.54) is 6.42 Å². The van der Waals surface area contributed by atoms with Crippen LogP contribution in [0.15, 0.2) is 22.7 Å². The number of nitrogens with zero attached hydrogens (tertiary/aromatic N) is 1. The molecule has 104 valence electrons. The van der Waals surface area contributed by atoms with Crippen LogP contribution in [0.25, 0.3) is 0 Å². The molecule has 0 spiro atoms. The molecule has 0 radical (unpaired) electrons. The molecule has 4 heteroatoms. The molecule has 1 aliphatic rings. The van der Waals surface area contributed by atoms with Crippen molar-refractivity contribution in [2.45, 2.75) is 38.6 Å². The van der Waals surface area contributed by atoms with Crippen molar-refractivity contribution in [3.05, 3.63) is 33.8 Å². The lowest BCUT2D eigenvalue weighted by atomic mass is 9.98. The molecule has 1 aromatic carbocycles. The predicted molar refractivity (Wildman–Crippen MR) is 82.9 cm³/mol. The summed E-state index contributed by atoms with van der Waals surface area (Å²) in [6.07, 6.45) is 4.27. The predicted octanol–water partition coefficient (Wildman–Crippen LogP) is 4.38. The Morgan fingerprint density at radius 1 is 1.47 bits per heavy atom. The Kier molecular flexibility index (Phi) is 5.28. The number of alkyl halides is 1. The van der Waals surface area contributed by atoms with Crippen molar-refractivity contribution in [1.82, 2.24) is 4.90 Å². The number of amides is 1. The van der Waals surface area contributed by atoms with E-state index in [1.54, 1.807) is 0 Å². The van der Waals surface area contributed by atoms with E-state index in [9.17, 15) is 4.79 Å². The van der Waals surface area contributed by atoms with Crippen LogP contribution in [-0.4, -0.2) is 29.3 Å². The number of benzene rings is 1. The first-order chi connectivity index (χ1) is 9.13. The number of hydrogen-bond acceptors (Lipinski definition) is 1. The summed E-state index contributed by atoms with van der Waals surface area (Å²) >= 11 is 9.32. The zero-order chi connectivity index (χ0) is 13.8. The van der Waals surface area contributed by atoms with Crippen molar-refractivity contribution in [2.24, 2.45) is 0 Å². The van der Waals surface area contributed by atoms with E-state index in [0.29, 0.717) is 11.9 Å². The molecule has 1 heterocycles. The highest BCUT2D eigenvalue weighted by molar-refractivity contribution is 9.10. The monoisotopic (exact) mass is 343 g/mol. The second-order valence-electron chi connectivity index (χ2n) is 5.09. The summed E-state index contributed by atoms with van der Waals surface area (Å²) in [5, 5.41) is 0. The molecule has 19 heavy (non-hydrogen) atoms. The van der Waals surface area contributed by atoms with E-state index < -0.39 is 0 Å². The zero-order valence-corrected chi connectivity index (χ0v) is 13.5. The third kappa shape index (κ3) is 3.51. The molecular weight excluding hydrogens is 326 g/mol. The largest absolute Gasteiger partial charge is 0.336 e. The van der Waals surface area contributed by atoms with Crippen molar-refractivity contribution < 1.29 is 4.79 Å². The fraction of sp³-hybridized carbons (Fsp3) is 0.533. The number of carbonyl (C=O) groups is 1.